The second-order valence-corrected chi connectivity index (χ2v) is 5.33. The minimum atomic E-state index is -4.72. The van der Waals surface area contributed by atoms with Gasteiger partial charge < -0.3 is 10.4 Å². The average molecular weight is 291 g/mol. The predicted octanol–water partition coefficient (Wildman–Crippen LogP) is 3.95. The maximum atomic E-state index is 13.1. The van der Waals surface area contributed by atoms with E-state index >= 15 is 0 Å². The van der Waals surface area contributed by atoms with Crippen LogP contribution in [0.3, 0.4) is 0 Å². The minimum absolute atomic E-state index is 0.165. The third-order valence-electron chi connectivity index (χ3n) is 3.68. The number of hydrogen-bond donors (Lipinski definition) is 2. The number of benzene rings is 1. The maximum Gasteiger partial charge on any atom is 0.419 e. The SMILES string of the molecule is OC1(CNc2ccc(F)c(C(F)(F)F)c2)CCCCC1. The van der Waals surface area contributed by atoms with E-state index in [9.17, 15) is 22.7 Å². The first-order valence-electron chi connectivity index (χ1n) is 6.63. The van der Waals surface area contributed by atoms with Crippen LogP contribution in [0.5, 0.6) is 0 Å². The zero-order valence-electron chi connectivity index (χ0n) is 10.9. The Balaban J connectivity index is 2.06. The molecule has 0 atom stereocenters. The van der Waals surface area contributed by atoms with Gasteiger partial charge in [-0.15, -0.1) is 0 Å². The molecule has 0 bridgehead atoms. The lowest BCUT2D eigenvalue weighted by atomic mass is 9.85. The van der Waals surface area contributed by atoms with Crippen molar-refractivity contribution in [2.24, 2.45) is 0 Å². The number of halogens is 4. The van der Waals surface area contributed by atoms with E-state index in [1.54, 1.807) is 0 Å². The molecule has 0 amide bonds. The number of alkyl halides is 3. The average Bonchev–Trinajstić information content (AvgIpc) is 2.37. The number of rotatable bonds is 3. The molecule has 1 aliphatic carbocycles. The van der Waals surface area contributed by atoms with Gasteiger partial charge in [-0.1, -0.05) is 19.3 Å². The highest BCUT2D eigenvalue weighted by molar-refractivity contribution is 5.47. The molecule has 20 heavy (non-hydrogen) atoms. The monoisotopic (exact) mass is 291 g/mol. The maximum absolute atomic E-state index is 13.1. The fourth-order valence-electron chi connectivity index (χ4n) is 2.51. The Morgan fingerprint density at radius 3 is 2.40 bits per heavy atom. The molecule has 0 spiro atoms. The van der Waals surface area contributed by atoms with Crippen LogP contribution in [0, 0.1) is 5.82 Å². The Bertz CT molecular complexity index is 467. The van der Waals surface area contributed by atoms with Crippen LogP contribution in [0.4, 0.5) is 23.2 Å². The summed E-state index contributed by atoms with van der Waals surface area (Å²) < 4.78 is 50.9. The summed E-state index contributed by atoms with van der Waals surface area (Å²) in [7, 11) is 0. The second-order valence-electron chi connectivity index (χ2n) is 5.33. The Kier molecular flexibility index (Phi) is 4.22. The minimum Gasteiger partial charge on any atom is -0.388 e. The largest absolute Gasteiger partial charge is 0.419 e. The highest BCUT2D eigenvalue weighted by atomic mass is 19.4. The van der Waals surface area contributed by atoms with Crippen molar-refractivity contribution in [3.63, 3.8) is 0 Å². The van der Waals surface area contributed by atoms with Gasteiger partial charge in [0.25, 0.3) is 0 Å². The zero-order valence-corrected chi connectivity index (χ0v) is 10.9. The van der Waals surface area contributed by atoms with E-state index in [1.807, 2.05) is 0 Å². The van der Waals surface area contributed by atoms with E-state index < -0.39 is 23.2 Å². The molecule has 1 aromatic rings. The van der Waals surface area contributed by atoms with Crippen LogP contribution in [-0.4, -0.2) is 17.3 Å². The molecule has 112 valence electrons. The molecular weight excluding hydrogens is 274 g/mol. The lowest BCUT2D eigenvalue weighted by Gasteiger charge is -2.32. The van der Waals surface area contributed by atoms with Crippen LogP contribution < -0.4 is 5.32 Å². The van der Waals surface area contributed by atoms with Crippen LogP contribution in [-0.2, 0) is 6.18 Å². The van der Waals surface area contributed by atoms with E-state index in [1.165, 1.54) is 6.07 Å². The Hall–Kier alpha value is -1.30. The third-order valence-corrected chi connectivity index (χ3v) is 3.68. The van der Waals surface area contributed by atoms with Gasteiger partial charge in [0.05, 0.1) is 11.2 Å². The van der Waals surface area contributed by atoms with Gasteiger partial charge in [-0.25, -0.2) is 4.39 Å². The van der Waals surface area contributed by atoms with Gasteiger partial charge >= 0.3 is 6.18 Å². The highest BCUT2D eigenvalue weighted by Crippen LogP contribution is 2.33. The van der Waals surface area contributed by atoms with Crippen molar-refractivity contribution in [2.45, 2.75) is 43.9 Å². The Morgan fingerprint density at radius 2 is 1.80 bits per heavy atom. The molecule has 0 saturated heterocycles. The van der Waals surface area contributed by atoms with Crippen molar-refractivity contribution in [3.05, 3.63) is 29.6 Å². The summed E-state index contributed by atoms with van der Waals surface area (Å²) in [6.07, 6.45) is -0.563. The second kappa shape index (κ2) is 5.60. The number of aliphatic hydroxyl groups is 1. The summed E-state index contributed by atoms with van der Waals surface area (Å²) in [4.78, 5) is 0. The number of anilines is 1. The molecule has 6 heteroatoms. The lowest BCUT2D eigenvalue weighted by Crippen LogP contribution is -2.38. The fraction of sp³-hybridized carbons (Fsp3) is 0.571. The quantitative estimate of drug-likeness (QED) is 0.826. The number of hydrogen-bond acceptors (Lipinski definition) is 2. The Morgan fingerprint density at radius 1 is 1.15 bits per heavy atom. The molecule has 1 aromatic carbocycles. The van der Waals surface area contributed by atoms with Crippen molar-refractivity contribution in [2.75, 3.05) is 11.9 Å². The highest BCUT2D eigenvalue weighted by Gasteiger charge is 2.34. The number of nitrogens with one attached hydrogen (secondary N) is 1. The molecule has 2 N–H and O–H groups in total. The van der Waals surface area contributed by atoms with Gasteiger partial charge in [0.15, 0.2) is 0 Å². The van der Waals surface area contributed by atoms with Crippen LogP contribution in [0.15, 0.2) is 18.2 Å². The molecule has 2 nitrogen and oxygen atoms in total. The van der Waals surface area contributed by atoms with E-state index in [4.69, 9.17) is 0 Å². The molecule has 0 unspecified atom stereocenters. The summed E-state index contributed by atoms with van der Waals surface area (Å²) >= 11 is 0. The fourth-order valence-corrected chi connectivity index (χ4v) is 2.51. The van der Waals surface area contributed by atoms with Gasteiger partial charge in [-0.3, -0.25) is 0 Å². The van der Waals surface area contributed by atoms with Crippen LogP contribution in [0.2, 0.25) is 0 Å². The molecule has 0 aliphatic heterocycles. The van der Waals surface area contributed by atoms with Crippen molar-refractivity contribution < 1.29 is 22.7 Å². The van der Waals surface area contributed by atoms with Crippen LogP contribution >= 0.6 is 0 Å². The Labute approximate surface area is 114 Å². The van der Waals surface area contributed by atoms with Gasteiger partial charge in [-0.05, 0) is 31.0 Å². The third kappa shape index (κ3) is 3.62. The molecule has 1 aliphatic rings. The standard InChI is InChI=1S/C14H17F4NO/c15-12-5-4-10(8-11(12)14(16,17)18)19-9-13(20)6-2-1-3-7-13/h4-5,8,19-20H,1-3,6-7,9H2. The van der Waals surface area contributed by atoms with Crippen molar-refractivity contribution in [1.82, 2.24) is 0 Å². The summed E-state index contributed by atoms with van der Waals surface area (Å²) in [5.41, 5.74) is -2.01. The summed E-state index contributed by atoms with van der Waals surface area (Å²) in [5, 5.41) is 13.0. The molecular formula is C14H17F4NO. The van der Waals surface area contributed by atoms with Gasteiger partial charge in [0, 0.05) is 12.2 Å². The molecule has 1 saturated carbocycles. The smallest absolute Gasteiger partial charge is 0.388 e. The van der Waals surface area contributed by atoms with E-state index in [0.717, 1.165) is 31.4 Å². The van der Waals surface area contributed by atoms with Crippen LogP contribution in [0.25, 0.3) is 0 Å². The lowest BCUT2D eigenvalue weighted by molar-refractivity contribution is -0.139. The summed E-state index contributed by atoms with van der Waals surface area (Å²) in [6, 6.07) is 2.77. The first kappa shape index (κ1) is 15.1. The topological polar surface area (TPSA) is 32.3 Å². The summed E-state index contributed by atoms with van der Waals surface area (Å²) in [6.45, 7) is 0.177. The summed E-state index contributed by atoms with van der Waals surface area (Å²) in [5.74, 6) is -1.29. The molecule has 2 rings (SSSR count). The molecule has 0 aromatic heterocycles. The predicted molar refractivity (Wildman–Crippen MR) is 67.9 cm³/mol. The zero-order chi connectivity index (χ0) is 14.8. The van der Waals surface area contributed by atoms with E-state index in [2.05, 4.69) is 5.32 Å². The van der Waals surface area contributed by atoms with Crippen molar-refractivity contribution >= 4 is 5.69 Å². The van der Waals surface area contributed by atoms with E-state index in [-0.39, 0.29) is 12.2 Å². The van der Waals surface area contributed by atoms with Crippen molar-refractivity contribution in [1.29, 1.82) is 0 Å². The first-order chi connectivity index (χ1) is 9.30. The normalized spacial score (nSPS) is 18.9. The van der Waals surface area contributed by atoms with Crippen molar-refractivity contribution in [3.8, 4) is 0 Å². The van der Waals surface area contributed by atoms with Gasteiger partial charge in [0.2, 0.25) is 0 Å². The first-order valence-corrected chi connectivity index (χ1v) is 6.63. The molecule has 0 heterocycles. The van der Waals surface area contributed by atoms with Crippen LogP contribution in [0.1, 0.15) is 37.7 Å². The van der Waals surface area contributed by atoms with E-state index in [0.29, 0.717) is 12.8 Å². The molecule has 1 fully saturated rings. The van der Waals surface area contributed by atoms with Gasteiger partial charge in [0.1, 0.15) is 5.82 Å². The van der Waals surface area contributed by atoms with Gasteiger partial charge in [-0.2, -0.15) is 13.2 Å². The molecule has 0 radical (unpaired) electrons.